The Bertz CT molecular complexity index is 656. The van der Waals surface area contributed by atoms with Gasteiger partial charge < -0.3 is 19.9 Å². The Labute approximate surface area is 135 Å². The van der Waals surface area contributed by atoms with E-state index in [0.717, 1.165) is 24.6 Å². The van der Waals surface area contributed by atoms with E-state index in [4.69, 9.17) is 14.6 Å². The maximum absolute atomic E-state index is 12.3. The fraction of sp³-hybridized carbons (Fsp3) is 0.471. The number of aryl methyl sites for hydroxylation is 1. The molecule has 3 N–H and O–H groups in total. The first-order chi connectivity index (χ1) is 11.2. The van der Waals surface area contributed by atoms with Crippen molar-refractivity contribution in [3.8, 4) is 0 Å². The van der Waals surface area contributed by atoms with Crippen molar-refractivity contribution in [1.82, 2.24) is 10.2 Å². The molecule has 1 aliphatic rings. The molecule has 3 rings (SSSR count). The lowest BCUT2D eigenvalue weighted by atomic mass is 10.2. The lowest BCUT2D eigenvalue weighted by Crippen LogP contribution is -2.36. The molecule has 1 saturated heterocycles. The zero-order valence-corrected chi connectivity index (χ0v) is 13.4. The van der Waals surface area contributed by atoms with Crippen LogP contribution in [0, 0.1) is 6.92 Å². The van der Waals surface area contributed by atoms with Gasteiger partial charge in [-0.3, -0.25) is 9.69 Å². The van der Waals surface area contributed by atoms with Crippen molar-refractivity contribution in [2.45, 2.75) is 32.4 Å². The summed E-state index contributed by atoms with van der Waals surface area (Å²) in [6.07, 6.45) is 3.82. The van der Waals surface area contributed by atoms with Gasteiger partial charge in [0.15, 0.2) is 0 Å². The summed E-state index contributed by atoms with van der Waals surface area (Å²) in [7, 11) is 0. The second kappa shape index (κ2) is 7.02. The highest BCUT2D eigenvalue weighted by molar-refractivity contribution is 5.93. The van der Waals surface area contributed by atoms with Gasteiger partial charge in [0.25, 0.3) is 5.91 Å². The average Bonchev–Trinajstić information content (AvgIpc) is 3.29. The highest BCUT2D eigenvalue weighted by Crippen LogP contribution is 2.26. The van der Waals surface area contributed by atoms with E-state index in [1.165, 1.54) is 19.1 Å². The summed E-state index contributed by atoms with van der Waals surface area (Å²) in [6.45, 7) is 4.79. The number of carbonyl (C=O) groups excluding carboxylic acids is 1. The number of carbonyl (C=O) groups is 1. The second-order valence-electron chi connectivity index (χ2n) is 5.92. The first-order valence-corrected chi connectivity index (χ1v) is 8.03. The summed E-state index contributed by atoms with van der Waals surface area (Å²) < 4.78 is 11.0. The predicted molar refractivity (Wildman–Crippen MR) is 85.9 cm³/mol. The molecule has 0 aromatic carbocycles. The van der Waals surface area contributed by atoms with Gasteiger partial charge in [-0.25, -0.2) is 0 Å². The fourth-order valence-corrected chi connectivity index (χ4v) is 2.99. The largest absolute Gasteiger partial charge is 0.467 e. The lowest BCUT2D eigenvalue weighted by molar-refractivity contribution is 0.0933. The van der Waals surface area contributed by atoms with Crippen LogP contribution in [0.25, 0.3) is 0 Å². The molecule has 2 aromatic heterocycles. The number of rotatable bonds is 6. The van der Waals surface area contributed by atoms with Gasteiger partial charge in [-0.15, -0.1) is 0 Å². The molecular weight excluding hydrogens is 294 g/mol. The summed E-state index contributed by atoms with van der Waals surface area (Å²) in [5, 5.41) is 2.98. The van der Waals surface area contributed by atoms with Gasteiger partial charge in [0.05, 0.1) is 18.2 Å². The molecule has 124 valence electrons. The van der Waals surface area contributed by atoms with Crippen LogP contribution in [0.3, 0.4) is 0 Å². The van der Waals surface area contributed by atoms with Crippen molar-refractivity contribution < 1.29 is 13.6 Å². The third kappa shape index (κ3) is 3.65. The van der Waals surface area contributed by atoms with Crippen LogP contribution in [0.15, 0.2) is 33.3 Å². The SMILES string of the molecule is Cc1ccc(C(CNC(=O)c2coc(CN)c2)N2CCCC2)o1. The molecule has 1 unspecified atom stereocenters. The van der Waals surface area contributed by atoms with Gasteiger partial charge in [-0.2, -0.15) is 0 Å². The summed E-state index contributed by atoms with van der Waals surface area (Å²) in [5.41, 5.74) is 6.00. The normalized spacial score (nSPS) is 16.6. The molecule has 6 nitrogen and oxygen atoms in total. The van der Waals surface area contributed by atoms with E-state index in [9.17, 15) is 4.79 Å². The van der Waals surface area contributed by atoms with Crippen LogP contribution in [-0.2, 0) is 6.54 Å². The first-order valence-electron chi connectivity index (χ1n) is 8.03. The number of likely N-dealkylation sites (tertiary alicyclic amines) is 1. The van der Waals surface area contributed by atoms with Crippen molar-refractivity contribution in [3.05, 3.63) is 47.3 Å². The highest BCUT2D eigenvalue weighted by atomic mass is 16.3. The van der Waals surface area contributed by atoms with Crippen molar-refractivity contribution in [2.24, 2.45) is 5.73 Å². The number of hydrogen-bond acceptors (Lipinski definition) is 5. The number of amides is 1. The monoisotopic (exact) mass is 317 g/mol. The van der Waals surface area contributed by atoms with Gasteiger partial charge in [0.2, 0.25) is 0 Å². The van der Waals surface area contributed by atoms with Crippen LogP contribution in [0.5, 0.6) is 0 Å². The molecule has 1 aliphatic heterocycles. The average molecular weight is 317 g/mol. The van der Waals surface area contributed by atoms with E-state index in [0.29, 0.717) is 17.9 Å². The summed E-state index contributed by atoms with van der Waals surface area (Å²) in [5.74, 6) is 2.24. The predicted octanol–water partition coefficient (Wildman–Crippen LogP) is 2.21. The maximum atomic E-state index is 12.3. The molecule has 1 atom stereocenters. The quantitative estimate of drug-likeness (QED) is 0.853. The van der Waals surface area contributed by atoms with Gasteiger partial charge >= 0.3 is 0 Å². The Hall–Kier alpha value is -2.05. The van der Waals surface area contributed by atoms with E-state index >= 15 is 0 Å². The van der Waals surface area contributed by atoms with Crippen LogP contribution in [-0.4, -0.2) is 30.4 Å². The molecule has 0 aliphatic carbocycles. The fourth-order valence-electron chi connectivity index (χ4n) is 2.99. The molecule has 2 aromatic rings. The van der Waals surface area contributed by atoms with Crippen LogP contribution >= 0.6 is 0 Å². The zero-order valence-electron chi connectivity index (χ0n) is 13.4. The third-order valence-corrected chi connectivity index (χ3v) is 4.24. The minimum absolute atomic E-state index is 0.0658. The van der Waals surface area contributed by atoms with E-state index in [-0.39, 0.29) is 18.5 Å². The first kappa shape index (κ1) is 15.8. The van der Waals surface area contributed by atoms with Crippen LogP contribution < -0.4 is 11.1 Å². The summed E-state index contributed by atoms with van der Waals surface area (Å²) in [6, 6.07) is 5.70. The summed E-state index contributed by atoms with van der Waals surface area (Å²) >= 11 is 0. The standard InChI is InChI=1S/C17H23N3O3/c1-12-4-5-16(23-12)15(20-6-2-3-7-20)10-19-17(21)13-8-14(9-18)22-11-13/h4-5,8,11,15H,2-3,6-7,9-10,18H2,1H3,(H,19,21). The van der Waals surface area contributed by atoms with Crippen molar-refractivity contribution in [3.63, 3.8) is 0 Å². The molecule has 0 radical (unpaired) electrons. The molecule has 6 heteroatoms. The Morgan fingerprint density at radius 3 is 2.78 bits per heavy atom. The third-order valence-electron chi connectivity index (χ3n) is 4.24. The molecule has 1 amide bonds. The molecule has 0 bridgehead atoms. The Morgan fingerprint density at radius 1 is 1.39 bits per heavy atom. The lowest BCUT2D eigenvalue weighted by Gasteiger charge is -2.26. The summed E-state index contributed by atoms with van der Waals surface area (Å²) in [4.78, 5) is 14.6. The smallest absolute Gasteiger partial charge is 0.254 e. The number of nitrogens with two attached hydrogens (primary N) is 1. The number of nitrogens with one attached hydrogen (secondary N) is 1. The van der Waals surface area contributed by atoms with Gasteiger partial charge in [0.1, 0.15) is 23.5 Å². The number of nitrogens with zero attached hydrogens (tertiary/aromatic N) is 1. The maximum Gasteiger partial charge on any atom is 0.254 e. The number of furan rings is 2. The van der Waals surface area contributed by atoms with Crippen LogP contribution in [0.4, 0.5) is 0 Å². The van der Waals surface area contributed by atoms with E-state index in [1.807, 2.05) is 19.1 Å². The molecule has 1 fully saturated rings. The van der Waals surface area contributed by atoms with Crippen molar-refractivity contribution in [2.75, 3.05) is 19.6 Å². The molecule has 0 saturated carbocycles. The molecular formula is C17H23N3O3. The van der Waals surface area contributed by atoms with E-state index in [1.54, 1.807) is 6.07 Å². The highest BCUT2D eigenvalue weighted by Gasteiger charge is 2.26. The minimum atomic E-state index is -0.152. The molecule has 23 heavy (non-hydrogen) atoms. The van der Waals surface area contributed by atoms with E-state index in [2.05, 4.69) is 10.2 Å². The van der Waals surface area contributed by atoms with Gasteiger partial charge in [0, 0.05) is 6.54 Å². The Kier molecular flexibility index (Phi) is 4.83. The molecule has 3 heterocycles. The topological polar surface area (TPSA) is 84.6 Å². The Morgan fingerprint density at radius 2 is 2.17 bits per heavy atom. The van der Waals surface area contributed by atoms with E-state index < -0.39 is 0 Å². The van der Waals surface area contributed by atoms with Crippen LogP contribution in [0.1, 0.15) is 46.5 Å². The second-order valence-corrected chi connectivity index (χ2v) is 5.92. The number of hydrogen-bond donors (Lipinski definition) is 2. The zero-order chi connectivity index (χ0) is 16.2. The van der Waals surface area contributed by atoms with Crippen molar-refractivity contribution >= 4 is 5.91 Å². The molecule has 0 spiro atoms. The van der Waals surface area contributed by atoms with Gasteiger partial charge in [-0.05, 0) is 51.1 Å². The van der Waals surface area contributed by atoms with Gasteiger partial charge in [-0.1, -0.05) is 0 Å². The Balaban J connectivity index is 1.67. The van der Waals surface area contributed by atoms with Crippen LogP contribution in [0.2, 0.25) is 0 Å². The van der Waals surface area contributed by atoms with Crippen molar-refractivity contribution in [1.29, 1.82) is 0 Å². The minimum Gasteiger partial charge on any atom is -0.467 e.